The van der Waals surface area contributed by atoms with Crippen molar-refractivity contribution < 1.29 is 0 Å². The van der Waals surface area contributed by atoms with Crippen LogP contribution in [-0.2, 0) is 0 Å². The van der Waals surface area contributed by atoms with E-state index in [-0.39, 0.29) is 0 Å². The first-order valence-electron chi connectivity index (χ1n) is 6.72. The molecule has 0 aliphatic heterocycles. The Labute approximate surface area is 130 Å². The molecule has 0 spiro atoms. The third-order valence-corrected chi connectivity index (χ3v) is 7.77. The van der Waals surface area contributed by atoms with Crippen molar-refractivity contribution in [2.24, 2.45) is 0 Å². The van der Waals surface area contributed by atoms with Crippen LogP contribution in [0.4, 0.5) is 0 Å². The molecule has 0 aliphatic carbocycles. The highest BCUT2D eigenvalue weighted by Crippen LogP contribution is 2.18. The van der Waals surface area contributed by atoms with Crippen molar-refractivity contribution in [3.8, 4) is 83.0 Å². The van der Waals surface area contributed by atoms with Gasteiger partial charge in [-0.05, 0) is 89.2 Å². The predicted octanol–water partition coefficient (Wildman–Crippen LogP) is 2.69. The average molecular weight is 284 g/mol. The molecule has 0 saturated heterocycles. The average Bonchev–Trinajstić information content (AvgIpc) is 2.53. The van der Waals surface area contributed by atoms with E-state index >= 15 is 0 Å². The highest BCUT2D eigenvalue weighted by atomic mass is 28.3. The molecule has 0 atom stereocenters. The third kappa shape index (κ3) is 8.79. The van der Waals surface area contributed by atoms with Crippen molar-refractivity contribution in [2.75, 3.05) is 0 Å². The van der Waals surface area contributed by atoms with Gasteiger partial charge in [-0.1, -0.05) is 20.8 Å². The van der Waals surface area contributed by atoms with Crippen LogP contribution in [0.15, 0.2) is 0 Å². The summed E-state index contributed by atoms with van der Waals surface area (Å²) in [5.41, 5.74) is 3.37. The van der Waals surface area contributed by atoms with E-state index in [1.165, 1.54) is 18.1 Å². The molecule has 0 aromatic carbocycles. The zero-order valence-electron chi connectivity index (χ0n) is 12.7. The minimum atomic E-state index is -1.40. The van der Waals surface area contributed by atoms with Crippen molar-refractivity contribution in [1.29, 1.82) is 0 Å². The van der Waals surface area contributed by atoms with Gasteiger partial charge in [0.2, 0.25) is 0 Å². The summed E-state index contributed by atoms with van der Waals surface area (Å²) in [6, 6.07) is 3.52. The molecule has 0 fully saturated rings. The minimum absolute atomic E-state index is 1.17. The highest BCUT2D eigenvalue weighted by molar-refractivity contribution is 6.87. The molecule has 0 unspecified atom stereocenters. The topological polar surface area (TPSA) is 0 Å². The summed E-state index contributed by atoms with van der Waals surface area (Å²) in [4.78, 5) is 0. The standard InChI is InChI=1S/C20H16Si/c1-5-9-10-11-12-13-14-15-16-17-18-19-20-21(6-2,7-3)8-4/h1H,6-8H2,2-4H3. The largest absolute Gasteiger partial charge is 0.139 e. The molecule has 0 saturated carbocycles. The monoisotopic (exact) mass is 284 g/mol. The van der Waals surface area contributed by atoms with Gasteiger partial charge in [0.05, 0.1) is 0 Å². The summed E-state index contributed by atoms with van der Waals surface area (Å²) in [5, 5.41) is 0. The molecule has 0 nitrogen and oxygen atoms in total. The Bertz CT molecular complexity index is 739. The third-order valence-electron chi connectivity index (χ3n) is 3.06. The van der Waals surface area contributed by atoms with Crippen LogP contribution in [0.5, 0.6) is 0 Å². The van der Waals surface area contributed by atoms with Gasteiger partial charge in [0.15, 0.2) is 0 Å². The normalized spacial score (nSPS) is 6.95. The number of rotatable bonds is 3. The Hall–Kier alpha value is -2.86. The summed E-state index contributed by atoms with van der Waals surface area (Å²) in [6.07, 6.45) is 4.93. The van der Waals surface area contributed by atoms with E-state index < -0.39 is 8.07 Å². The van der Waals surface area contributed by atoms with E-state index in [2.05, 4.69) is 97.4 Å². The fourth-order valence-electron chi connectivity index (χ4n) is 1.50. The van der Waals surface area contributed by atoms with Gasteiger partial charge in [0, 0.05) is 0 Å². The number of hydrogen-bond acceptors (Lipinski definition) is 0. The van der Waals surface area contributed by atoms with Gasteiger partial charge in [-0.25, -0.2) is 0 Å². The van der Waals surface area contributed by atoms with Crippen LogP contribution in [0.1, 0.15) is 20.8 Å². The second-order valence-electron chi connectivity index (χ2n) is 3.99. The molecule has 0 aromatic heterocycles. The Kier molecular flexibility index (Phi) is 10.5. The van der Waals surface area contributed by atoms with Gasteiger partial charge in [-0.15, -0.1) is 12.0 Å². The highest BCUT2D eigenvalue weighted by Gasteiger charge is 2.23. The summed E-state index contributed by atoms with van der Waals surface area (Å²) in [6.45, 7) is 6.64. The lowest BCUT2D eigenvalue weighted by Gasteiger charge is -2.19. The maximum atomic E-state index is 4.93. The summed E-state index contributed by atoms with van der Waals surface area (Å²) in [5.74, 6) is 30.6. The molecule has 1 heteroatoms. The molecule has 0 bridgehead atoms. The van der Waals surface area contributed by atoms with E-state index in [1.807, 2.05) is 0 Å². The van der Waals surface area contributed by atoms with Crippen molar-refractivity contribution in [2.45, 2.75) is 38.9 Å². The van der Waals surface area contributed by atoms with Gasteiger partial charge in [0.1, 0.15) is 8.07 Å². The molecule has 100 valence electrons. The molecule has 21 heavy (non-hydrogen) atoms. The van der Waals surface area contributed by atoms with Crippen LogP contribution < -0.4 is 0 Å². The number of hydrogen-bond donors (Lipinski definition) is 0. The second-order valence-corrected chi connectivity index (χ2v) is 8.92. The fourth-order valence-corrected chi connectivity index (χ4v) is 3.85. The summed E-state index contributed by atoms with van der Waals surface area (Å²) in [7, 11) is -1.40. The van der Waals surface area contributed by atoms with Crippen molar-refractivity contribution in [3.05, 3.63) is 0 Å². The maximum absolute atomic E-state index is 4.93. The first-order valence-corrected chi connectivity index (χ1v) is 9.34. The lowest BCUT2D eigenvalue weighted by Crippen LogP contribution is -2.29. The van der Waals surface area contributed by atoms with Crippen LogP contribution in [-0.4, -0.2) is 8.07 Å². The van der Waals surface area contributed by atoms with Crippen LogP contribution >= 0.6 is 0 Å². The molecule has 0 amide bonds. The van der Waals surface area contributed by atoms with Crippen LogP contribution in [0, 0.1) is 83.0 Å². The molecular weight excluding hydrogens is 268 g/mol. The minimum Gasteiger partial charge on any atom is -0.117 e. The van der Waals surface area contributed by atoms with E-state index in [9.17, 15) is 0 Å². The predicted molar refractivity (Wildman–Crippen MR) is 92.7 cm³/mol. The first-order chi connectivity index (χ1) is 10.2. The smallest absolute Gasteiger partial charge is 0.117 e. The summed E-state index contributed by atoms with van der Waals surface area (Å²) >= 11 is 0. The Morgan fingerprint density at radius 2 is 0.905 bits per heavy atom. The van der Waals surface area contributed by atoms with Crippen molar-refractivity contribution in [3.63, 3.8) is 0 Å². The van der Waals surface area contributed by atoms with Gasteiger partial charge < -0.3 is 0 Å². The van der Waals surface area contributed by atoms with E-state index in [1.54, 1.807) is 0 Å². The van der Waals surface area contributed by atoms with Gasteiger partial charge in [-0.3, -0.25) is 0 Å². The lowest BCUT2D eigenvalue weighted by atomic mass is 10.5. The Morgan fingerprint density at radius 1 is 0.571 bits per heavy atom. The zero-order valence-corrected chi connectivity index (χ0v) is 13.7. The van der Waals surface area contributed by atoms with Gasteiger partial charge in [-0.2, -0.15) is 0 Å². The van der Waals surface area contributed by atoms with Crippen molar-refractivity contribution in [1.82, 2.24) is 0 Å². The van der Waals surface area contributed by atoms with E-state index in [0.717, 1.165) is 0 Å². The van der Waals surface area contributed by atoms with Gasteiger partial charge in [0.25, 0.3) is 0 Å². The maximum Gasteiger partial charge on any atom is 0.139 e. The van der Waals surface area contributed by atoms with Crippen molar-refractivity contribution >= 4 is 8.07 Å². The molecular formula is C20H16Si. The molecule has 0 heterocycles. The fraction of sp³-hybridized carbons (Fsp3) is 0.300. The zero-order chi connectivity index (χ0) is 15.8. The van der Waals surface area contributed by atoms with Crippen LogP contribution in [0.25, 0.3) is 0 Å². The first kappa shape index (κ1) is 18.1. The molecule has 0 aromatic rings. The Morgan fingerprint density at radius 3 is 1.24 bits per heavy atom. The van der Waals surface area contributed by atoms with E-state index in [0.29, 0.717) is 0 Å². The lowest BCUT2D eigenvalue weighted by molar-refractivity contribution is 1.20. The summed E-state index contributed by atoms with van der Waals surface area (Å²) < 4.78 is 0. The van der Waals surface area contributed by atoms with E-state index in [4.69, 9.17) is 6.42 Å². The molecule has 0 N–H and O–H groups in total. The quantitative estimate of drug-likeness (QED) is 0.552. The Balaban J connectivity index is 4.61. The van der Waals surface area contributed by atoms with Crippen LogP contribution in [0.2, 0.25) is 18.1 Å². The molecule has 0 radical (unpaired) electrons. The number of terminal acetylenes is 1. The second kappa shape index (κ2) is 12.2. The molecule has 0 rings (SSSR count). The van der Waals surface area contributed by atoms with Gasteiger partial charge >= 0.3 is 0 Å². The SMILES string of the molecule is C#CC#CC#CC#CC#CC#CC#C[Si](CC)(CC)CC. The molecule has 0 aliphatic rings. The van der Waals surface area contributed by atoms with Crippen LogP contribution in [0.3, 0.4) is 0 Å².